The molecule has 12 nitrogen and oxygen atoms in total. The highest BCUT2D eigenvalue weighted by Gasteiger charge is 2.52. The molecule has 1 amide bonds. The Morgan fingerprint density at radius 1 is 0.971 bits per heavy atom. The number of esters is 3. The summed E-state index contributed by atoms with van der Waals surface area (Å²) in [7, 11) is 1.37. The van der Waals surface area contributed by atoms with Gasteiger partial charge in [0.05, 0.1) is 7.11 Å². The van der Waals surface area contributed by atoms with E-state index >= 15 is 0 Å². The molecule has 1 fully saturated rings. The fourth-order valence-corrected chi connectivity index (χ4v) is 3.37. The van der Waals surface area contributed by atoms with Crippen LogP contribution in [0, 0.1) is 0 Å². The number of benzene rings is 1. The van der Waals surface area contributed by atoms with E-state index in [-0.39, 0.29) is 18.1 Å². The average Bonchev–Trinajstić information content (AvgIpc) is 2.75. The molecular weight excluding hydrogens is 454 g/mol. The first-order valence-corrected chi connectivity index (χ1v) is 10.3. The number of methoxy groups -OCH3 is 1. The van der Waals surface area contributed by atoms with Crippen LogP contribution in [0.3, 0.4) is 0 Å². The Bertz CT molecular complexity index is 931. The topological polar surface area (TPSA) is 153 Å². The Hall–Kier alpha value is -3.67. The van der Waals surface area contributed by atoms with Crippen molar-refractivity contribution < 1.29 is 52.4 Å². The third-order valence-corrected chi connectivity index (χ3v) is 4.64. The largest absolute Gasteiger partial charge is 0.493 e. The van der Waals surface area contributed by atoms with E-state index < -0.39 is 54.5 Å². The quantitative estimate of drug-likeness (QED) is 0.299. The first kappa shape index (κ1) is 26.6. The molecule has 1 aliphatic rings. The van der Waals surface area contributed by atoms with E-state index in [9.17, 15) is 24.0 Å². The van der Waals surface area contributed by atoms with Crippen molar-refractivity contribution >= 4 is 30.1 Å². The number of aldehydes is 1. The molecule has 5 atom stereocenters. The molecule has 0 bridgehead atoms. The highest BCUT2D eigenvalue weighted by Crippen LogP contribution is 2.33. The zero-order valence-corrected chi connectivity index (χ0v) is 19.4. The predicted octanol–water partition coefficient (Wildman–Crippen LogP) is 0.543. The van der Waals surface area contributed by atoms with Crippen LogP contribution in [0.2, 0.25) is 0 Å². The van der Waals surface area contributed by atoms with E-state index in [1.54, 1.807) is 0 Å². The highest BCUT2D eigenvalue weighted by molar-refractivity contribution is 5.76. The molecule has 2 rings (SSSR count). The number of hydrogen-bond acceptors (Lipinski definition) is 11. The van der Waals surface area contributed by atoms with Crippen molar-refractivity contribution in [3.05, 3.63) is 23.8 Å². The molecular formula is C22H27NO11. The molecule has 1 aromatic carbocycles. The number of amides is 1. The summed E-state index contributed by atoms with van der Waals surface area (Å²) in [5, 5.41) is 2.59. The standard InChI is InChI=1S/C22H27NO11/c1-11(25)23-19-21(32-14(4)28)20(31-13(3)27)18(10-30-12(2)26)34-22(19)33-16-7-6-15(9-24)8-17(16)29-5/h6-9,18-22H,10H2,1-5H3,(H,23,25)/t18-,19+,20-,21-,22-/m1/s1. The van der Waals surface area contributed by atoms with Gasteiger partial charge in [0.2, 0.25) is 12.2 Å². The van der Waals surface area contributed by atoms with Crippen LogP contribution < -0.4 is 14.8 Å². The van der Waals surface area contributed by atoms with Gasteiger partial charge in [0, 0.05) is 33.3 Å². The highest BCUT2D eigenvalue weighted by atomic mass is 16.7. The van der Waals surface area contributed by atoms with Gasteiger partial charge in [-0.15, -0.1) is 0 Å². The van der Waals surface area contributed by atoms with E-state index in [2.05, 4.69) is 5.32 Å². The summed E-state index contributed by atoms with van der Waals surface area (Å²) in [6.45, 7) is 4.33. The van der Waals surface area contributed by atoms with E-state index in [4.69, 9.17) is 28.4 Å². The van der Waals surface area contributed by atoms with E-state index in [1.807, 2.05) is 0 Å². The molecule has 1 N–H and O–H groups in total. The Labute approximate surface area is 195 Å². The maximum absolute atomic E-state index is 12.0. The van der Waals surface area contributed by atoms with Crippen molar-refractivity contribution in [1.29, 1.82) is 0 Å². The molecule has 12 heteroatoms. The molecule has 0 radical (unpaired) electrons. The van der Waals surface area contributed by atoms with E-state index in [0.717, 1.165) is 13.8 Å². The minimum absolute atomic E-state index is 0.146. The lowest BCUT2D eigenvalue weighted by atomic mass is 9.96. The fourth-order valence-electron chi connectivity index (χ4n) is 3.37. The maximum Gasteiger partial charge on any atom is 0.303 e. The van der Waals surface area contributed by atoms with Crippen LogP contribution >= 0.6 is 0 Å². The Morgan fingerprint density at radius 2 is 1.62 bits per heavy atom. The summed E-state index contributed by atoms with van der Waals surface area (Å²) in [6, 6.07) is 3.22. The van der Waals surface area contributed by atoms with Crippen molar-refractivity contribution in [3.63, 3.8) is 0 Å². The minimum Gasteiger partial charge on any atom is -0.493 e. The second kappa shape index (κ2) is 12.0. The van der Waals surface area contributed by atoms with Crippen LogP contribution in [-0.4, -0.2) is 74.5 Å². The zero-order valence-electron chi connectivity index (χ0n) is 19.4. The second-order valence-corrected chi connectivity index (χ2v) is 7.37. The summed E-state index contributed by atoms with van der Waals surface area (Å²) in [4.78, 5) is 58.1. The summed E-state index contributed by atoms with van der Waals surface area (Å²) in [5.41, 5.74) is 0.326. The Balaban J connectivity index is 2.51. The first-order chi connectivity index (χ1) is 16.0. The van der Waals surface area contributed by atoms with Gasteiger partial charge in [0.25, 0.3) is 0 Å². The van der Waals surface area contributed by atoms with Crippen LogP contribution in [0.1, 0.15) is 38.1 Å². The van der Waals surface area contributed by atoms with Crippen LogP contribution in [0.25, 0.3) is 0 Å². The smallest absolute Gasteiger partial charge is 0.303 e. The zero-order chi connectivity index (χ0) is 25.4. The van der Waals surface area contributed by atoms with Gasteiger partial charge in [-0.1, -0.05) is 0 Å². The lowest BCUT2D eigenvalue weighted by Gasteiger charge is -2.44. The number of rotatable bonds is 9. The van der Waals surface area contributed by atoms with Crippen molar-refractivity contribution in [2.24, 2.45) is 0 Å². The van der Waals surface area contributed by atoms with Gasteiger partial charge in [0.15, 0.2) is 23.7 Å². The monoisotopic (exact) mass is 481 g/mol. The molecule has 1 saturated heterocycles. The Kier molecular flexibility index (Phi) is 9.36. The lowest BCUT2D eigenvalue weighted by Crippen LogP contribution is -2.67. The number of nitrogens with one attached hydrogen (secondary N) is 1. The molecule has 34 heavy (non-hydrogen) atoms. The summed E-state index contributed by atoms with van der Waals surface area (Å²) in [5.74, 6) is -2.24. The first-order valence-electron chi connectivity index (χ1n) is 10.3. The molecule has 186 valence electrons. The molecule has 1 heterocycles. The van der Waals surface area contributed by atoms with Gasteiger partial charge in [0.1, 0.15) is 25.0 Å². The third kappa shape index (κ3) is 7.17. The lowest BCUT2D eigenvalue weighted by molar-refractivity contribution is -0.257. The van der Waals surface area contributed by atoms with Gasteiger partial charge in [-0.3, -0.25) is 24.0 Å². The predicted molar refractivity (Wildman–Crippen MR) is 113 cm³/mol. The van der Waals surface area contributed by atoms with Crippen LogP contribution in [0.4, 0.5) is 0 Å². The van der Waals surface area contributed by atoms with E-state index in [1.165, 1.54) is 39.2 Å². The molecule has 0 aromatic heterocycles. The van der Waals surface area contributed by atoms with Crippen molar-refractivity contribution in [1.82, 2.24) is 5.32 Å². The summed E-state index contributed by atoms with van der Waals surface area (Å²) in [6.07, 6.45) is -4.30. The van der Waals surface area contributed by atoms with Gasteiger partial charge in [-0.2, -0.15) is 0 Å². The normalized spacial score (nSPS) is 23.7. The van der Waals surface area contributed by atoms with Crippen LogP contribution in [0.15, 0.2) is 18.2 Å². The van der Waals surface area contributed by atoms with Gasteiger partial charge >= 0.3 is 17.9 Å². The molecule has 0 saturated carbocycles. The number of carbonyl (C=O) groups is 5. The SMILES string of the molecule is COc1cc(C=O)ccc1O[C@@H]1O[C@H](COC(C)=O)[C@@H](OC(C)=O)[C@H](OC(C)=O)[C@@H]1NC(C)=O. The maximum atomic E-state index is 12.0. The number of ether oxygens (including phenoxy) is 6. The van der Waals surface area contributed by atoms with E-state index in [0.29, 0.717) is 11.8 Å². The van der Waals surface area contributed by atoms with Gasteiger partial charge < -0.3 is 33.7 Å². The molecule has 0 spiro atoms. The fraction of sp³-hybridized carbons (Fsp3) is 0.500. The third-order valence-electron chi connectivity index (χ3n) is 4.64. The molecule has 0 unspecified atom stereocenters. The van der Waals surface area contributed by atoms with Crippen LogP contribution in [0.5, 0.6) is 11.5 Å². The van der Waals surface area contributed by atoms with Crippen molar-refractivity contribution in [2.75, 3.05) is 13.7 Å². The van der Waals surface area contributed by atoms with Gasteiger partial charge in [-0.25, -0.2) is 0 Å². The van der Waals surface area contributed by atoms with Gasteiger partial charge in [-0.05, 0) is 18.2 Å². The average molecular weight is 481 g/mol. The second-order valence-electron chi connectivity index (χ2n) is 7.37. The van der Waals surface area contributed by atoms with Crippen LogP contribution in [-0.2, 0) is 38.1 Å². The number of hydrogen-bond donors (Lipinski definition) is 1. The van der Waals surface area contributed by atoms with Crippen molar-refractivity contribution in [2.45, 2.75) is 58.3 Å². The molecule has 1 aliphatic heterocycles. The summed E-state index contributed by atoms with van der Waals surface area (Å²) >= 11 is 0. The molecule has 1 aromatic rings. The molecule has 0 aliphatic carbocycles. The Morgan fingerprint density at radius 3 is 2.15 bits per heavy atom. The minimum atomic E-state index is -1.31. The van der Waals surface area contributed by atoms with Crippen molar-refractivity contribution in [3.8, 4) is 11.5 Å². The number of carbonyl (C=O) groups excluding carboxylic acids is 5. The summed E-state index contributed by atoms with van der Waals surface area (Å²) < 4.78 is 32.9.